The summed E-state index contributed by atoms with van der Waals surface area (Å²) in [5, 5.41) is 3.23. The molecule has 3 heteroatoms. The minimum absolute atomic E-state index is 0. The summed E-state index contributed by atoms with van der Waals surface area (Å²) in [6, 6.07) is 3.91. The van der Waals surface area contributed by atoms with Crippen LogP contribution in [0.25, 0.3) is 0 Å². The zero-order chi connectivity index (χ0) is 12.4. The summed E-state index contributed by atoms with van der Waals surface area (Å²) < 4.78 is 5.62. The molecule has 0 fully saturated rings. The van der Waals surface area contributed by atoms with Crippen molar-refractivity contribution < 1.29 is 6.16 Å². The van der Waals surface area contributed by atoms with Crippen LogP contribution in [0.1, 0.15) is 34.7 Å². The fourth-order valence-electron chi connectivity index (χ4n) is 1.17. The van der Waals surface area contributed by atoms with Gasteiger partial charge in [0.1, 0.15) is 6.10 Å². The predicted molar refractivity (Wildman–Crippen MR) is 71.1 cm³/mol. The highest BCUT2D eigenvalue weighted by Gasteiger charge is 2.03. The zero-order valence-electron chi connectivity index (χ0n) is 11.1. The number of aromatic nitrogens is 1. The number of hydrogen-bond donors (Lipinski definition) is 1. The van der Waals surface area contributed by atoms with E-state index in [0.717, 1.165) is 13.1 Å². The van der Waals surface area contributed by atoms with Gasteiger partial charge in [0.15, 0.2) is 0 Å². The molecule has 0 aliphatic carbocycles. The van der Waals surface area contributed by atoms with Gasteiger partial charge in [-0.25, -0.2) is 4.98 Å². The van der Waals surface area contributed by atoms with Crippen molar-refractivity contribution in [3.05, 3.63) is 23.9 Å². The highest BCUT2D eigenvalue weighted by molar-refractivity contribution is 5.18. The molecule has 1 heterocycles. The van der Waals surface area contributed by atoms with Gasteiger partial charge in [0, 0.05) is 20.2 Å². The Morgan fingerprint density at radius 2 is 2.19 bits per heavy atom. The maximum Gasteiger partial charge on any atom is 0.213 e. The third kappa shape index (κ3) is 6.40. The second-order valence-corrected chi connectivity index (χ2v) is 3.41. The molecule has 1 rings (SSSR count). The van der Waals surface area contributed by atoms with Gasteiger partial charge < -0.3 is 10.1 Å². The van der Waals surface area contributed by atoms with E-state index in [1.165, 1.54) is 5.56 Å². The summed E-state index contributed by atoms with van der Waals surface area (Å²) in [6.07, 6.45) is 1.93. The van der Waals surface area contributed by atoms with Gasteiger partial charge in [-0.15, -0.1) is 0 Å². The number of nitrogens with one attached hydrogen (secondary N) is 1. The number of ether oxygens (including phenoxy) is 1. The van der Waals surface area contributed by atoms with Gasteiger partial charge in [-0.3, -0.25) is 0 Å². The summed E-state index contributed by atoms with van der Waals surface area (Å²) >= 11 is 0. The van der Waals surface area contributed by atoms with E-state index in [9.17, 15) is 0 Å². The Bertz CT molecular complexity index is 282. The molecule has 0 aromatic carbocycles. The standard InChI is InChI=1S/C11H18N2O.C2H6.H2/c1-4-12-8-10(3)14-11-7-9(2)5-6-13-11;1-2;/h5-7,10,12H,4,8H2,1-3H3;1-2H3;1H/t10-;;/m1../s1. The predicted octanol–water partition coefficient (Wildman–Crippen LogP) is 3.04. The summed E-state index contributed by atoms with van der Waals surface area (Å²) in [5.74, 6) is 0.704. The Hall–Kier alpha value is -1.09. The Labute approximate surface area is 101 Å². The number of hydrogen-bond acceptors (Lipinski definition) is 3. The van der Waals surface area contributed by atoms with E-state index < -0.39 is 0 Å². The van der Waals surface area contributed by atoms with Gasteiger partial charge in [0.2, 0.25) is 5.88 Å². The molecule has 0 spiro atoms. The van der Waals surface area contributed by atoms with Crippen molar-refractivity contribution in [2.24, 2.45) is 0 Å². The lowest BCUT2D eigenvalue weighted by molar-refractivity contribution is 0.209. The second-order valence-electron chi connectivity index (χ2n) is 3.41. The van der Waals surface area contributed by atoms with E-state index in [1.807, 2.05) is 39.8 Å². The minimum Gasteiger partial charge on any atom is -0.473 e. The normalized spacial score (nSPS) is 11.3. The smallest absolute Gasteiger partial charge is 0.213 e. The summed E-state index contributed by atoms with van der Waals surface area (Å²) in [5.41, 5.74) is 1.17. The third-order valence-electron chi connectivity index (χ3n) is 1.89. The monoisotopic (exact) mass is 226 g/mol. The first-order chi connectivity index (χ1) is 7.72. The molecule has 1 aromatic heterocycles. The average molecular weight is 226 g/mol. The number of nitrogens with zero attached hydrogens (tertiary/aromatic N) is 1. The van der Waals surface area contributed by atoms with Crippen LogP contribution in [-0.2, 0) is 0 Å². The van der Waals surface area contributed by atoms with E-state index in [1.54, 1.807) is 6.20 Å². The Morgan fingerprint density at radius 1 is 1.50 bits per heavy atom. The molecule has 0 amide bonds. The Morgan fingerprint density at radius 3 is 2.75 bits per heavy atom. The molecule has 3 nitrogen and oxygen atoms in total. The van der Waals surface area contributed by atoms with Crippen LogP contribution in [0, 0.1) is 6.92 Å². The summed E-state index contributed by atoms with van der Waals surface area (Å²) in [4.78, 5) is 4.14. The van der Waals surface area contributed by atoms with Crippen LogP contribution in [0.5, 0.6) is 5.88 Å². The molecule has 0 saturated carbocycles. The average Bonchev–Trinajstić information content (AvgIpc) is 2.29. The summed E-state index contributed by atoms with van der Waals surface area (Å²) in [6.45, 7) is 12.0. The molecule has 1 N–H and O–H groups in total. The van der Waals surface area contributed by atoms with Crippen LogP contribution < -0.4 is 10.1 Å². The molecular formula is C13H26N2O. The SMILES string of the molecule is CC.CCNC[C@@H](C)Oc1cc(C)ccn1.[HH]. The molecule has 1 atom stereocenters. The first-order valence-electron chi connectivity index (χ1n) is 6.02. The fraction of sp³-hybridized carbons (Fsp3) is 0.615. The van der Waals surface area contributed by atoms with E-state index in [4.69, 9.17) is 4.74 Å². The Balaban J connectivity index is 0. The van der Waals surface area contributed by atoms with Crippen LogP contribution in [0.15, 0.2) is 18.3 Å². The fourth-order valence-corrected chi connectivity index (χ4v) is 1.17. The molecule has 0 unspecified atom stereocenters. The highest BCUT2D eigenvalue weighted by Crippen LogP contribution is 2.09. The van der Waals surface area contributed by atoms with Crippen molar-refractivity contribution in [3.8, 4) is 5.88 Å². The van der Waals surface area contributed by atoms with Gasteiger partial charge >= 0.3 is 0 Å². The molecule has 0 bridgehead atoms. The van der Waals surface area contributed by atoms with E-state index in [-0.39, 0.29) is 7.53 Å². The van der Waals surface area contributed by atoms with Crippen LogP contribution in [-0.4, -0.2) is 24.2 Å². The molecular weight excluding hydrogens is 200 g/mol. The van der Waals surface area contributed by atoms with Crippen LogP contribution >= 0.6 is 0 Å². The van der Waals surface area contributed by atoms with E-state index in [0.29, 0.717) is 5.88 Å². The lowest BCUT2D eigenvalue weighted by atomic mass is 10.3. The number of pyridine rings is 1. The second kappa shape index (κ2) is 9.16. The quantitative estimate of drug-likeness (QED) is 0.838. The largest absolute Gasteiger partial charge is 0.473 e. The highest BCUT2D eigenvalue weighted by atomic mass is 16.5. The zero-order valence-corrected chi connectivity index (χ0v) is 11.1. The van der Waals surface area contributed by atoms with Gasteiger partial charge in [-0.1, -0.05) is 20.8 Å². The third-order valence-corrected chi connectivity index (χ3v) is 1.89. The maximum atomic E-state index is 5.62. The van der Waals surface area contributed by atoms with E-state index >= 15 is 0 Å². The summed E-state index contributed by atoms with van der Waals surface area (Å²) in [7, 11) is 0. The minimum atomic E-state index is 0. The molecule has 16 heavy (non-hydrogen) atoms. The van der Waals surface area contributed by atoms with Crippen molar-refractivity contribution in [1.29, 1.82) is 0 Å². The van der Waals surface area contributed by atoms with Gasteiger partial charge in [0.25, 0.3) is 0 Å². The van der Waals surface area contributed by atoms with Gasteiger partial charge in [0.05, 0.1) is 0 Å². The number of aryl methyl sites for hydroxylation is 1. The van der Waals surface area contributed by atoms with Crippen molar-refractivity contribution >= 4 is 0 Å². The van der Waals surface area contributed by atoms with Crippen molar-refractivity contribution in [1.82, 2.24) is 10.3 Å². The topological polar surface area (TPSA) is 34.1 Å². The first kappa shape index (κ1) is 14.9. The molecule has 0 aliphatic rings. The van der Waals surface area contributed by atoms with Crippen LogP contribution in [0.2, 0.25) is 0 Å². The van der Waals surface area contributed by atoms with Crippen LogP contribution in [0.3, 0.4) is 0 Å². The van der Waals surface area contributed by atoms with Crippen molar-refractivity contribution in [2.45, 2.75) is 40.7 Å². The lowest BCUT2D eigenvalue weighted by Crippen LogP contribution is -2.28. The van der Waals surface area contributed by atoms with Gasteiger partial charge in [-0.2, -0.15) is 0 Å². The van der Waals surface area contributed by atoms with Crippen molar-refractivity contribution in [3.63, 3.8) is 0 Å². The molecule has 0 aliphatic heterocycles. The first-order valence-corrected chi connectivity index (χ1v) is 6.02. The Kier molecular flexibility index (Phi) is 8.53. The van der Waals surface area contributed by atoms with Crippen LogP contribution in [0.4, 0.5) is 0 Å². The molecule has 0 radical (unpaired) electrons. The maximum absolute atomic E-state index is 5.62. The molecule has 94 valence electrons. The lowest BCUT2D eigenvalue weighted by Gasteiger charge is -2.13. The van der Waals surface area contributed by atoms with Crippen molar-refractivity contribution in [2.75, 3.05) is 13.1 Å². The van der Waals surface area contributed by atoms with E-state index in [2.05, 4.69) is 17.2 Å². The number of rotatable bonds is 5. The number of likely N-dealkylation sites (N-methyl/N-ethyl adjacent to an activating group) is 1. The van der Waals surface area contributed by atoms with Gasteiger partial charge in [-0.05, 0) is 32.0 Å². The molecule has 1 aromatic rings. The molecule has 0 saturated heterocycles.